The molecule has 0 aromatic heterocycles. The summed E-state index contributed by atoms with van der Waals surface area (Å²) in [5.74, 6) is -0.894. The van der Waals surface area contributed by atoms with Crippen molar-refractivity contribution in [3.8, 4) is 22.6 Å². The fraction of sp³-hybridized carbons (Fsp3) is 0.350. The lowest BCUT2D eigenvalue weighted by Crippen LogP contribution is -2.22. The number of carbonyl (C=O) groups is 1. The summed E-state index contributed by atoms with van der Waals surface area (Å²) in [6.45, 7) is 0. The van der Waals surface area contributed by atoms with Crippen LogP contribution in [0.2, 0.25) is 0 Å². The van der Waals surface area contributed by atoms with Crippen LogP contribution in [0, 0.1) is 17.6 Å². The maximum atomic E-state index is 13.5. The van der Waals surface area contributed by atoms with Gasteiger partial charge in [0.25, 0.3) is 0 Å². The zero-order chi connectivity index (χ0) is 17.8. The largest absolute Gasteiger partial charge is 0.496 e. The fourth-order valence-corrected chi connectivity index (χ4v) is 3.22. The average Bonchev–Trinajstić information content (AvgIpc) is 2.61. The van der Waals surface area contributed by atoms with Crippen LogP contribution in [0.4, 0.5) is 8.78 Å². The number of benzene rings is 2. The monoisotopic (exact) mass is 346 g/mol. The van der Waals surface area contributed by atoms with Crippen LogP contribution >= 0.6 is 0 Å². The van der Waals surface area contributed by atoms with Gasteiger partial charge in [0.1, 0.15) is 23.1 Å². The molecule has 3 rings (SSSR count). The fourth-order valence-electron chi connectivity index (χ4n) is 3.22. The number of ether oxygens (including phenoxy) is 2. The molecule has 0 saturated heterocycles. The molecule has 2 aromatic rings. The predicted molar refractivity (Wildman–Crippen MR) is 90.6 cm³/mol. The number of rotatable bonds is 4. The third-order valence-corrected chi connectivity index (χ3v) is 4.50. The quantitative estimate of drug-likeness (QED) is 0.569. The van der Waals surface area contributed by atoms with Crippen molar-refractivity contribution < 1.29 is 23.0 Å². The number of methoxy groups -OCH3 is 1. The molecule has 1 saturated carbocycles. The Labute approximate surface area is 145 Å². The normalized spacial score (nSPS) is 15.0. The van der Waals surface area contributed by atoms with E-state index in [2.05, 4.69) is 0 Å². The second-order valence-corrected chi connectivity index (χ2v) is 6.28. The Balaban J connectivity index is 1.88. The Morgan fingerprint density at radius 3 is 2.32 bits per heavy atom. The summed E-state index contributed by atoms with van der Waals surface area (Å²) in [6.07, 6.45) is 4.92. The van der Waals surface area contributed by atoms with Gasteiger partial charge >= 0.3 is 5.97 Å². The van der Waals surface area contributed by atoms with Gasteiger partial charge in [-0.15, -0.1) is 0 Å². The minimum Gasteiger partial charge on any atom is -0.496 e. The lowest BCUT2D eigenvalue weighted by Gasteiger charge is -2.20. The lowest BCUT2D eigenvalue weighted by atomic mass is 9.89. The van der Waals surface area contributed by atoms with Crippen LogP contribution in [-0.4, -0.2) is 13.1 Å². The van der Waals surface area contributed by atoms with E-state index in [0.717, 1.165) is 38.2 Å². The first-order valence-corrected chi connectivity index (χ1v) is 8.43. The van der Waals surface area contributed by atoms with Gasteiger partial charge < -0.3 is 9.47 Å². The van der Waals surface area contributed by atoms with Crippen LogP contribution in [0.25, 0.3) is 11.1 Å². The first-order chi connectivity index (χ1) is 12.1. The SMILES string of the molecule is COc1ccc(OC(=O)C2CCCCC2)cc1-c1cc(F)cc(F)c1. The minimum absolute atomic E-state index is 0.0779. The Morgan fingerprint density at radius 2 is 1.68 bits per heavy atom. The van der Waals surface area contributed by atoms with Gasteiger partial charge in [0, 0.05) is 11.6 Å². The van der Waals surface area contributed by atoms with Crippen LogP contribution in [0.5, 0.6) is 11.5 Å². The molecule has 0 bridgehead atoms. The molecular weight excluding hydrogens is 326 g/mol. The van der Waals surface area contributed by atoms with E-state index in [1.165, 1.54) is 19.2 Å². The van der Waals surface area contributed by atoms with Crippen molar-refractivity contribution in [1.82, 2.24) is 0 Å². The van der Waals surface area contributed by atoms with Crippen LogP contribution in [-0.2, 0) is 4.79 Å². The van der Waals surface area contributed by atoms with Crippen LogP contribution in [0.15, 0.2) is 36.4 Å². The molecule has 132 valence electrons. The molecule has 3 nitrogen and oxygen atoms in total. The zero-order valence-corrected chi connectivity index (χ0v) is 14.1. The van der Waals surface area contributed by atoms with E-state index in [9.17, 15) is 13.6 Å². The topological polar surface area (TPSA) is 35.5 Å². The van der Waals surface area contributed by atoms with Crippen LogP contribution < -0.4 is 9.47 Å². The van der Waals surface area contributed by atoms with E-state index in [-0.39, 0.29) is 11.9 Å². The molecule has 0 atom stereocenters. The van der Waals surface area contributed by atoms with E-state index in [0.29, 0.717) is 22.6 Å². The average molecular weight is 346 g/mol. The first-order valence-electron chi connectivity index (χ1n) is 8.43. The van der Waals surface area contributed by atoms with E-state index in [1.54, 1.807) is 18.2 Å². The zero-order valence-electron chi connectivity index (χ0n) is 14.1. The number of halogens is 2. The maximum absolute atomic E-state index is 13.5. The molecule has 2 aromatic carbocycles. The van der Waals surface area contributed by atoms with Crippen molar-refractivity contribution in [2.45, 2.75) is 32.1 Å². The standard InChI is InChI=1S/C20H20F2O3/c1-24-19-8-7-17(25-20(23)13-5-3-2-4-6-13)12-18(19)14-9-15(21)11-16(22)10-14/h7-13H,2-6H2,1H3. The van der Waals surface area contributed by atoms with Gasteiger partial charge in [0.05, 0.1) is 13.0 Å². The summed E-state index contributed by atoms with van der Waals surface area (Å²) in [5, 5.41) is 0. The summed E-state index contributed by atoms with van der Waals surface area (Å²) in [5.41, 5.74) is 0.791. The number of hydrogen-bond donors (Lipinski definition) is 0. The molecule has 0 radical (unpaired) electrons. The van der Waals surface area contributed by atoms with Gasteiger partial charge in [-0.25, -0.2) is 8.78 Å². The molecule has 0 heterocycles. The van der Waals surface area contributed by atoms with Gasteiger partial charge in [0.2, 0.25) is 0 Å². The molecule has 0 spiro atoms. The van der Waals surface area contributed by atoms with E-state index in [4.69, 9.17) is 9.47 Å². The molecule has 1 aliphatic carbocycles. The Bertz CT molecular complexity index is 747. The molecule has 1 aliphatic rings. The summed E-state index contributed by atoms with van der Waals surface area (Å²) in [4.78, 5) is 12.3. The molecule has 5 heteroatoms. The predicted octanol–water partition coefficient (Wildman–Crippen LogP) is 5.13. The molecule has 0 amide bonds. The van der Waals surface area contributed by atoms with E-state index >= 15 is 0 Å². The second kappa shape index (κ2) is 7.64. The number of carbonyl (C=O) groups excluding carboxylic acids is 1. The van der Waals surface area contributed by atoms with Gasteiger partial charge in [-0.3, -0.25) is 4.79 Å². The maximum Gasteiger partial charge on any atom is 0.314 e. The molecule has 25 heavy (non-hydrogen) atoms. The van der Waals surface area contributed by atoms with Crippen molar-refractivity contribution in [3.63, 3.8) is 0 Å². The molecule has 0 aliphatic heterocycles. The van der Waals surface area contributed by atoms with Gasteiger partial charge in [0.15, 0.2) is 0 Å². The van der Waals surface area contributed by atoms with E-state index in [1.807, 2.05) is 0 Å². The Morgan fingerprint density at radius 1 is 1.00 bits per heavy atom. The Kier molecular flexibility index (Phi) is 5.31. The van der Waals surface area contributed by atoms with Crippen molar-refractivity contribution in [3.05, 3.63) is 48.0 Å². The van der Waals surface area contributed by atoms with Crippen molar-refractivity contribution in [2.75, 3.05) is 7.11 Å². The van der Waals surface area contributed by atoms with Crippen molar-refractivity contribution >= 4 is 5.97 Å². The highest BCUT2D eigenvalue weighted by Crippen LogP contribution is 2.35. The molecule has 0 N–H and O–H groups in total. The van der Waals surface area contributed by atoms with Gasteiger partial charge in [-0.1, -0.05) is 19.3 Å². The molecule has 0 unspecified atom stereocenters. The van der Waals surface area contributed by atoms with Gasteiger partial charge in [-0.05, 0) is 48.7 Å². The number of esters is 1. The Hall–Kier alpha value is -2.43. The highest BCUT2D eigenvalue weighted by molar-refractivity contribution is 5.77. The molecular formula is C20H20F2O3. The summed E-state index contributed by atoms with van der Waals surface area (Å²) in [7, 11) is 1.47. The van der Waals surface area contributed by atoms with Crippen molar-refractivity contribution in [1.29, 1.82) is 0 Å². The summed E-state index contributed by atoms with van der Waals surface area (Å²) >= 11 is 0. The second-order valence-electron chi connectivity index (χ2n) is 6.28. The van der Waals surface area contributed by atoms with Crippen LogP contribution in [0.3, 0.4) is 0 Å². The third kappa shape index (κ3) is 4.16. The summed E-state index contributed by atoms with van der Waals surface area (Å²) in [6, 6.07) is 8.07. The third-order valence-electron chi connectivity index (χ3n) is 4.50. The van der Waals surface area contributed by atoms with E-state index < -0.39 is 11.6 Å². The smallest absolute Gasteiger partial charge is 0.314 e. The van der Waals surface area contributed by atoms with Crippen molar-refractivity contribution in [2.24, 2.45) is 5.92 Å². The first kappa shape index (κ1) is 17.4. The minimum atomic E-state index is -0.679. The lowest BCUT2D eigenvalue weighted by molar-refractivity contribution is -0.139. The van der Waals surface area contributed by atoms with Crippen LogP contribution in [0.1, 0.15) is 32.1 Å². The number of hydrogen-bond acceptors (Lipinski definition) is 3. The van der Waals surface area contributed by atoms with Gasteiger partial charge in [-0.2, -0.15) is 0 Å². The highest BCUT2D eigenvalue weighted by atomic mass is 19.1. The molecule has 1 fully saturated rings. The summed E-state index contributed by atoms with van der Waals surface area (Å²) < 4.78 is 37.8. The highest BCUT2D eigenvalue weighted by Gasteiger charge is 2.23.